The summed E-state index contributed by atoms with van der Waals surface area (Å²) in [6, 6.07) is 0. The predicted molar refractivity (Wildman–Crippen MR) is 27.6 cm³/mol. The van der Waals surface area contributed by atoms with Gasteiger partial charge in [-0.05, 0) is 0 Å². The van der Waals surface area contributed by atoms with Crippen LogP contribution in [0, 0.1) is 0 Å². The second-order valence-electron chi connectivity index (χ2n) is 2.40. The second-order valence-corrected chi connectivity index (χ2v) is 2.40. The molecule has 0 amide bonds. The van der Waals surface area contributed by atoms with E-state index in [1.54, 1.807) is 0 Å². The van der Waals surface area contributed by atoms with Gasteiger partial charge < -0.3 is 0 Å². The van der Waals surface area contributed by atoms with E-state index in [0.717, 1.165) is 0 Å². The van der Waals surface area contributed by atoms with E-state index < -0.39 is 24.6 Å². The van der Waals surface area contributed by atoms with Crippen LogP contribution in [0.15, 0.2) is 0 Å². The molecule has 0 radical (unpaired) electrons. The molecular formula is C5H4F8O. The number of alkyl halides is 8. The second kappa shape index (κ2) is 3.52. The summed E-state index contributed by atoms with van der Waals surface area (Å²) in [5.74, 6) is -4.36. The maximum atomic E-state index is 12.3. The minimum absolute atomic E-state index is 0.225. The molecule has 0 aromatic rings. The van der Waals surface area contributed by atoms with Crippen molar-refractivity contribution in [2.24, 2.45) is 0 Å². The Hall–Kier alpha value is -0.600. The van der Waals surface area contributed by atoms with Gasteiger partial charge in [0.25, 0.3) is 12.3 Å². The third kappa shape index (κ3) is 2.96. The van der Waals surface area contributed by atoms with Gasteiger partial charge in [-0.3, -0.25) is 4.74 Å². The molecule has 0 saturated carbocycles. The lowest BCUT2D eigenvalue weighted by atomic mass is 10.4. The highest BCUT2D eigenvalue weighted by atomic mass is 19.4. The highest BCUT2D eigenvalue weighted by Crippen LogP contribution is 2.41. The average molecular weight is 232 g/mol. The molecule has 1 unspecified atom stereocenters. The van der Waals surface area contributed by atoms with Gasteiger partial charge in [-0.2, -0.15) is 22.0 Å². The lowest BCUT2D eigenvalue weighted by molar-refractivity contribution is -0.442. The first kappa shape index (κ1) is 13.4. The van der Waals surface area contributed by atoms with Crippen molar-refractivity contribution in [1.82, 2.24) is 0 Å². The predicted octanol–water partition coefficient (Wildman–Crippen LogP) is 3.11. The van der Waals surface area contributed by atoms with Crippen LogP contribution in [0.4, 0.5) is 35.1 Å². The van der Waals surface area contributed by atoms with Gasteiger partial charge in [0.05, 0.1) is 0 Å². The molecule has 0 aliphatic rings. The molecule has 0 aromatic heterocycles. The van der Waals surface area contributed by atoms with Crippen molar-refractivity contribution >= 4 is 0 Å². The summed E-state index contributed by atoms with van der Waals surface area (Å²) in [6.07, 6.45) is -16.3. The quantitative estimate of drug-likeness (QED) is 0.679. The normalized spacial score (nSPS) is 18.4. The molecule has 0 fully saturated rings. The van der Waals surface area contributed by atoms with Gasteiger partial charge in [0, 0.05) is 6.92 Å². The van der Waals surface area contributed by atoms with Crippen LogP contribution < -0.4 is 0 Å². The summed E-state index contributed by atoms with van der Waals surface area (Å²) >= 11 is 0. The van der Waals surface area contributed by atoms with E-state index in [-0.39, 0.29) is 6.92 Å². The summed E-state index contributed by atoms with van der Waals surface area (Å²) in [5, 5.41) is 0. The molecule has 0 rings (SSSR count). The molecule has 0 aliphatic heterocycles. The van der Waals surface area contributed by atoms with Gasteiger partial charge in [0.15, 0.2) is 0 Å². The molecular weight excluding hydrogens is 228 g/mol. The zero-order valence-electron chi connectivity index (χ0n) is 6.51. The van der Waals surface area contributed by atoms with Crippen LogP contribution >= 0.6 is 0 Å². The summed E-state index contributed by atoms with van der Waals surface area (Å²) in [5.41, 5.74) is 0. The Balaban J connectivity index is 4.67. The van der Waals surface area contributed by atoms with E-state index in [1.165, 1.54) is 0 Å². The van der Waals surface area contributed by atoms with Crippen molar-refractivity contribution < 1.29 is 39.9 Å². The third-order valence-electron chi connectivity index (χ3n) is 1.05. The molecule has 14 heavy (non-hydrogen) atoms. The maximum Gasteiger partial charge on any atom is 0.483 e. The maximum absolute atomic E-state index is 12.3. The first-order valence-electron chi connectivity index (χ1n) is 3.02. The molecule has 0 heterocycles. The Morgan fingerprint density at radius 3 is 1.50 bits per heavy atom. The lowest BCUT2D eigenvalue weighted by Crippen LogP contribution is -2.47. The van der Waals surface area contributed by atoms with Crippen molar-refractivity contribution in [2.45, 2.75) is 31.5 Å². The van der Waals surface area contributed by atoms with E-state index in [4.69, 9.17) is 0 Å². The molecule has 0 aromatic carbocycles. The lowest BCUT2D eigenvalue weighted by Gasteiger charge is -2.27. The van der Waals surface area contributed by atoms with Crippen LogP contribution in [0.5, 0.6) is 0 Å². The van der Waals surface area contributed by atoms with E-state index in [0.29, 0.717) is 0 Å². The minimum atomic E-state index is -6.24. The minimum Gasteiger partial charge on any atom is -0.270 e. The number of ether oxygens (including phenoxy) is 1. The molecule has 0 spiro atoms. The van der Waals surface area contributed by atoms with Gasteiger partial charge in [0.2, 0.25) is 0 Å². The van der Waals surface area contributed by atoms with E-state index in [9.17, 15) is 35.1 Å². The van der Waals surface area contributed by atoms with E-state index in [1.807, 2.05) is 0 Å². The van der Waals surface area contributed by atoms with Gasteiger partial charge in [-0.25, -0.2) is 13.2 Å². The fraction of sp³-hybridized carbons (Fsp3) is 1.00. The molecule has 0 aliphatic carbocycles. The summed E-state index contributed by atoms with van der Waals surface area (Å²) in [7, 11) is 0. The topological polar surface area (TPSA) is 9.23 Å². The number of halogens is 8. The van der Waals surface area contributed by atoms with Crippen molar-refractivity contribution in [1.29, 1.82) is 0 Å². The Kier molecular flexibility index (Phi) is 3.37. The van der Waals surface area contributed by atoms with Crippen molar-refractivity contribution in [3.05, 3.63) is 0 Å². The van der Waals surface area contributed by atoms with Crippen molar-refractivity contribution in [3.63, 3.8) is 0 Å². The Morgan fingerprint density at radius 1 is 0.929 bits per heavy atom. The molecule has 1 atom stereocenters. The van der Waals surface area contributed by atoms with Crippen LogP contribution in [0.3, 0.4) is 0 Å². The van der Waals surface area contributed by atoms with E-state index >= 15 is 0 Å². The van der Waals surface area contributed by atoms with Crippen molar-refractivity contribution in [2.75, 3.05) is 0 Å². The average Bonchev–Trinajstić information content (AvgIpc) is 1.80. The van der Waals surface area contributed by atoms with Crippen LogP contribution in [0.25, 0.3) is 0 Å². The van der Waals surface area contributed by atoms with Crippen LogP contribution in [0.2, 0.25) is 0 Å². The van der Waals surface area contributed by atoms with Gasteiger partial charge in [-0.1, -0.05) is 0 Å². The number of rotatable bonds is 3. The standard InChI is InChI=1S/C5H4F8O/c1-3(8,2(6)7)14-5(12,13)4(9,10)11/h2H,1H3. The van der Waals surface area contributed by atoms with Crippen molar-refractivity contribution in [3.8, 4) is 0 Å². The summed E-state index contributed by atoms with van der Waals surface area (Å²) in [4.78, 5) is 0. The highest BCUT2D eigenvalue weighted by molar-refractivity contribution is 4.72. The largest absolute Gasteiger partial charge is 0.483 e. The fourth-order valence-corrected chi connectivity index (χ4v) is 0.353. The number of hydrogen-bond donors (Lipinski definition) is 0. The fourth-order valence-electron chi connectivity index (χ4n) is 0.353. The third-order valence-corrected chi connectivity index (χ3v) is 1.05. The molecule has 0 N–H and O–H groups in total. The molecule has 86 valence electrons. The van der Waals surface area contributed by atoms with Gasteiger partial charge in [-0.15, -0.1) is 0 Å². The molecule has 1 nitrogen and oxygen atoms in total. The molecule has 9 heteroatoms. The number of hydrogen-bond acceptors (Lipinski definition) is 1. The van der Waals surface area contributed by atoms with Crippen LogP contribution in [0.1, 0.15) is 6.92 Å². The zero-order chi connectivity index (χ0) is 11.8. The van der Waals surface area contributed by atoms with Gasteiger partial charge >= 0.3 is 12.3 Å². The zero-order valence-corrected chi connectivity index (χ0v) is 6.51. The van der Waals surface area contributed by atoms with E-state index in [2.05, 4.69) is 4.74 Å². The SMILES string of the molecule is CC(F)(OC(F)(F)C(F)(F)F)C(F)F. The molecule has 0 saturated heterocycles. The smallest absolute Gasteiger partial charge is 0.270 e. The summed E-state index contributed by atoms with van der Waals surface area (Å²) in [6.45, 7) is -0.225. The monoisotopic (exact) mass is 232 g/mol. The first-order chi connectivity index (χ1) is 5.90. The van der Waals surface area contributed by atoms with Crippen LogP contribution in [-0.2, 0) is 4.74 Å². The summed E-state index contributed by atoms with van der Waals surface area (Å²) < 4.78 is 95.5. The van der Waals surface area contributed by atoms with Gasteiger partial charge in [0.1, 0.15) is 0 Å². The Bertz CT molecular complexity index is 194. The highest BCUT2D eigenvalue weighted by Gasteiger charge is 2.64. The first-order valence-corrected chi connectivity index (χ1v) is 3.02. The van der Waals surface area contributed by atoms with Crippen LogP contribution in [-0.4, -0.2) is 24.6 Å². The Morgan fingerprint density at radius 2 is 1.29 bits per heavy atom. The molecule has 0 bridgehead atoms. The Labute approximate surface area is 72.6 Å².